The lowest BCUT2D eigenvalue weighted by Gasteiger charge is -2.11. The number of nitrogens with zero attached hydrogens (tertiary/aromatic N) is 2. The Morgan fingerprint density at radius 2 is 1.81 bits per heavy atom. The van der Waals surface area contributed by atoms with Gasteiger partial charge in [-0.2, -0.15) is 0 Å². The lowest BCUT2D eigenvalue weighted by atomic mass is 10.2. The average molecular weight is 358 g/mol. The lowest BCUT2D eigenvalue weighted by Crippen LogP contribution is -2.15. The molecule has 0 unspecified atom stereocenters. The first-order valence-electron chi connectivity index (χ1n) is 8.34. The number of aromatic nitrogens is 2. The Bertz CT molecular complexity index is 1130. The first-order chi connectivity index (χ1) is 13.2. The van der Waals surface area contributed by atoms with Crippen LogP contribution in [0.2, 0.25) is 0 Å². The van der Waals surface area contributed by atoms with Gasteiger partial charge >= 0.3 is 0 Å². The SMILES string of the molecule is O=C(Nc1ccc2ccccc2n1)c1cccnc1Nc1cccc(F)c1. The van der Waals surface area contributed by atoms with Gasteiger partial charge in [0.25, 0.3) is 5.91 Å². The maximum absolute atomic E-state index is 13.4. The van der Waals surface area contributed by atoms with Gasteiger partial charge in [-0.3, -0.25) is 4.79 Å². The van der Waals surface area contributed by atoms with E-state index < -0.39 is 0 Å². The highest BCUT2D eigenvalue weighted by atomic mass is 19.1. The van der Waals surface area contributed by atoms with Crippen molar-refractivity contribution in [3.8, 4) is 0 Å². The minimum Gasteiger partial charge on any atom is -0.339 e. The van der Waals surface area contributed by atoms with Crippen molar-refractivity contribution in [1.82, 2.24) is 9.97 Å². The van der Waals surface area contributed by atoms with Crippen LogP contribution in [0.4, 0.5) is 21.7 Å². The van der Waals surface area contributed by atoms with Gasteiger partial charge in [-0.15, -0.1) is 0 Å². The predicted octanol–water partition coefficient (Wildman–Crippen LogP) is 4.76. The van der Waals surface area contributed by atoms with Gasteiger partial charge in [-0.1, -0.05) is 24.3 Å². The first kappa shape index (κ1) is 16.7. The average Bonchev–Trinajstić information content (AvgIpc) is 2.68. The van der Waals surface area contributed by atoms with Crippen LogP contribution in [0.1, 0.15) is 10.4 Å². The summed E-state index contributed by atoms with van der Waals surface area (Å²) in [5, 5.41) is 6.75. The zero-order valence-electron chi connectivity index (χ0n) is 14.2. The number of fused-ring (bicyclic) bond motifs is 1. The summed E-state index contributed by atoms with van der Waals surface area (Å²) in [7, 11) is 0. The van der Waals surface area contributed by atoms with E-state index in [4.69, 9.17) is 0 Å². The van der Waals surface area contributed by atoms with E-state index in [0.717, 1.165) is 10.9 Å². The lowest BCUT2D eigenvalue weighted by molar-refractivity contribution is 0.102. The molecule has 6 heteroatoms. The van der Waals surface area contributed by atoms with Crippen LogP contribution in [0.15, 0.2) is 79.0 Å². The van der Waals surface area contributed by atoms with Gasteiger partial charge < -0.3 is 10.6 Å². The summed E-state index contributed by atoms with van der Waals surface area (Å²) in [5.74, 6) is 0.0488. The molecule has 0 saturated carbocycles. The zero-order valence-corrected chi connectivity index (χ0v) is 14.2. The Kier molecular flexibility index (Phi) is 4.45. The second kappa shape index (κ2) is 7.21. The maximum Gasteiger partial charge on any atom is 0.260 e. The monoisotopic (exact) mass is 358 g/mol. The topological polar surface area (TPSA) is 66.9 Å². The number of pyridine rings is 2. The van der Waals surface area contributed by atoms with Gasteiger partial charge in [0.1, 0.15) is 17.5 Å². The van der Waals surface area contributed by atoms with E-state index >= 15 is 0 Å². The molecular weight excluding hydrogens is 343 g/mol. The molecule has 132 valence electrons. The molecule has 27 heavy (non-hydrogen) atoms. The Labute approximate surface area is 154 Å². The van der Waals surface area contributed by atoms with Crippen LogP contribution in [0, 0.1) is 5.82 Å². The molecular formula is C21H15FN4O. The second-order valence-electron chi connectivity index (χ2n) is 5.88. The van der Waals surface area contributed by atoms with Gasteiger partial charge in [0.05, 0.1) is 11.1 Å². The van der Waals surface area contributed by atoms with Crippen LogP contribution >= 0.6 is 0 Å². The molecule has 0 atom stereocenters. The summed E-state index contributed by atoms with van der Waals surface area (Å²) in [6, 6.07) is 20.6. The molecule has 2 aromatic heterocycles. The minimum absolute atomic E-state index is 0.330. The fourth-order valence-corrected chi connectivity index (χ4v) is 2.71. The third kappa shape index (κ3) is 3.74. The molecule has 1 amide bonds. The molecule has 0 bridgehead atoms. The number of anilines is 3. The predicted molar refractivity (Wildman–Crippen MR) is 104 cm³/mol. The Morgan fingerprint density at radius 3 is 2.70 bits per heavy atom. The Hall–Kier alpha value is -3.80. The fourth-order valence-electron chi connectivity index (χ4n) is 2.71. The third-order valence-electron chi connectivity index (χ3n) is 3.98. The fraction of sp³-hybridized carbons (Fsp3) is 0. The third-order valence-corrected chi connectivity index (χ3v) is 3.98. The molecule has 0 saturated heterocycles. The number of nitrogens with one attached hydrogen (secondary N) is 2. The first-order valence-corrected chi connectivity index (χ1v) is 8.34. The maximum atomic E-state index is 13.4. The van der Waals surface area contributed by atoms with E-state index in [2.05, 4.69) is 20.6 Å². The Balaban J connectivity index is 1.59. The van der Waals surface area contributed by atoms with Crippen LogP contribution in [0.25, 0.3) is 10.9 Å². The molecule has 0 aliphatic rings. The van der Waals surface area contributed by atoms with E-state index in [1.807, 2.05) is 30.3 Å². The van der Waals surface area contributed by atoms with Crippen molar-refractivity contribution < 1.29 is 9.18 Å². The van der Waals surface area contributed by atoms with Crippen molar-refractivity contribution in [2.24, 2.45) is 0 Å². The van der Waals surface area contributed by atoms with E-state index in [1.165, 1.54) is 12.1 Å². The number of hydrogen-bond acceptors (Lipinski definition) is 4. The van der Waals surface area contributed by atoms with E-state index in [1.54, 1.807) is 36.5 Å². The minimum atomic E-state index is -0.373. The number of halogens is 1. The number of rotatable bonds is 4. The van der Waals surface area contributed by atoms with Crippen molar-refractivity contribution in [3.63, 3.8) is 0 Å². The summed E-state index contributed by atoms with van der Waals surface area (Å²) in [5.41, 5.74) is 1.63. The molecule has 5 nitrogen and oxygen atoms in total. The largest absolute Gasteiger partial charge is 0.339 e. The van der Waals surface area contributed by atoms with Crippen molar-refractivity contribution in [2.75, 3.05) is 10.6 Å². The van der Waals surface area contributed by atoms with Gasteiger partial charge in [0.15, 0.2) is 0 Å². The summed E-state index contributed by atoms with van der Waals surface area (Å²) >= 11 is 0. The van der Waals surface area contributed by atoms with E-state index in [-0.39, 0.29) is 11.7 Å². The molecule has 0 aliphatic heterocycles. The van der Waals surface area contributed by atoms with Crippen LogP contribution in [-0.4, -0.2) is 15.9 Å². The molecule has 4 aromatic rings. The number of benzene rings is 2. The van der Waals surface area contributed by atoms with Crippen molar-refractivity contribution in [1.29, 1.82) is 0 Å². The molecule has 4 rings (SSSR count). The van der Waals surface area contributed by atoms with E-state index in [0.29, 0.717) is 22.9 Å². The molecule has 2 heterocycles. The number of hydrogen-bond donors (Lipinski definition) is 2. The van der Waals surface area contributed by atoms with E-state index in [9.17, 15) is 9.18 Å². The van der Waals surface area contributed by atoms with Gasteiger partial charge in [-0.05, 0) is 48.5 Å². The zero-order chi connectivity index (χ0) is 18.6. The highest BCUT2D eigenvalue weighted by Crippen LogP contribution is 2.21. The highest BCUT2D eigenvalue weighted by molar-refractivity contribution is 6.07. The molecule has 0 radical (unpaired) electrons. The quantitative estimate of drug-likeness (QED) is 0.552. The van der Waals surface area contributed by atoms with Crippen LogP contribution in [0.3, 0.4) is 0 Å². The summed E-state index contributed by atoms with van der Waals surface area (Å²) in [6.45, 7) is 0. The van der Waals surface area contributed by atoms with Gasteiger partial charge in [0.2, 0.25) is 0 Å². The van der Waals surface area contributed by atoms with Crippen molar-refractivity contribution in [3.05, 3.63) is 90.4 Å². The second-order valence-corrected chi connectivity index (χ2v) is 5.88. The molecule has 2 N–H and O–H groups in total. The van der Waals surface area contributed by atoms with Crippen LogP contribution in [-0.2, 0) is 0 Å². The number of amides is 1. The van der Waals surface area contributed by atoms with Gasteiger partial charge in [0, 0.05) is 17.3 Å². The number of para-hydroxylation sites is 1. The molecule has 0 aliphatic carbocycles. The van der Waals surface area contributed by atoms with Crippen molar-refractivity contribution in [2.45, 2.75) is 0 Å². The highest BCUT2D eigenvalue weighted by Gasteiger charge is 2.14. The van der Waals surface area contributed by atoms with Gasteiger partial charge in [-0.25, -0.2) is 14.4 Å². The smallest absolute Gasteiger partial charge is 0.260 e. The summed E-state index contributed by atoms with van der Waals surface area (Å²) in [4.78, 5) is 21.4. The summed E-state index contributed by atoms with van der Waals surface area (Å²) in [6.07, 6.45) is 1.56. The molecule has 0 spiro atoms. The van der Waals surface area contributed by atoms with Crippen molar-refractivity contribution >= 4 is 34.1 Å². The summed E-state index contributed by atoms with van der Waals surface area (Å²) < 4.78 is 13.4. The van der Waals surface area contributed by atoms with Crippen LogP contribution < -0.4 is 10.6 Å². The van der Waals surface area contributed by atoms with Crippen LogP contribution in [0.5, 0.6) is 0 Å². The number of carbonyl (C=O) groups excluding carboxylic acids is 1. The Morgan fingerprint density at radius 1 is 0.926 bits per heavy atom. The number of carbonyl (C=O) groups is 1. The standard InChI is InChI=1S/C21H15FN4O/c22-15-6-3-7-16(13-15)24-20-17(8-4-12-23-20)21(27)26-19-11-10-14-5-1-2-9-18(14)25-19/h1-13H,(H,23,24)(H,25,26,27). The molecule has 2 aromatic carbocycles. The molecule has 0 fully saturated rings. The normalized spacial score (nSPS) is 10.6.